The number of carbonyl (C=O) groups excluding carboxylic acids is 1. The number of aromatic nitrogens is 4. The molecular formula is C29H24BrN7O5S2. The number of halogens is 1. The van der Waals surface area contributed by atoms with Gasteiger partial charge in [0.25, 0.3) is 11.5 Å². The van der Waals surface area contributed by atoms with Crippen molar-refractivity contribution in [2.45, 2.75) is 22.5 Å². The van der Waals surface area contributed by atoms with E-state index in [-0.39, 0.29) is 38.8 Å². The number of ether oxygens (including phenoxy) is 1. The number of hydrazone groups is 1. The van der Waals surface area contributed by atoms with Gasteiger partial charge in [-0.2, -0.15) is 10.2 Å². The molecule has 1 aliphatic heterocycles. The van der Waals surface area contributed by atoms with Crippen LogP contribution in [0.25, 0.3) is 16.7 Å². The number of nitrogens with one attached hydrogen (secondary N) is 1. The molecule has 1 atom stereocenters. The van der Waals surface area contributed by atoms with Crippen LogP contribution in [0.3, 0.4) is 0 Å². The van der Waals surface area contributed by atoms with Crippen LogP contribution in [0.5, 0.6) is 5.75 Å². The molecular weight excluding hydrogens is 670 g/mol. The van der Waals surface area contributed by atoms with Gasteiger partial charge in [0.1, 0.15) is 11.1 Å². The Labute approximate surface area is 264 Å². The Balaban J connectivity index is 1.26. The normalized spacial score (nSPS) is 15.0. The summed E-state index contributed by atoms with van der Waals surface area (Å²) in [6.45, 7) is 0. The first-order valence-corrected chi connectivity index (χ1v) is 16.5. The van der Waals surface area contributed by atoms with Crippen LogP contribution in [-0.4, -0.2) is 57.7 Å². The lowest BCUT2D eigenvalue weighted by molar-refractivity contribution is -0.130. The highest BCUT2D eigenvalue weighted by Gasteiger charge is 2.33. The van der Waals surface area contributed by atoms with Crippen molar-refractivity contribution in [2.75, 3.05) is 12.9 Å². The summed E-state index contributed by atoms with van der Waals surface area (Å²) in [5, 5.41) is 16.1. The maximum atomic E-state index is 13.6. The van der Waals surface area contributed by atoms with E-state index in [1.807, 2.05) is 48.5 Å². The predicted molar refractivity (Wildman–Crippen MR) is 169 cm³/mol. The minimum absolute atomic E-state index is 0.0462. The van der Waals surface area contributed by atoms with Gasteiger partial charge in [-0.3, -0.25) is 9.59 Å². The third-order valence-corrected chi connectivity index (χ3v) is 9.32. The van der Waals surface area contributed by atoms with Gasteiger partial charge in [-0.1, -0.05) is 52.0 Å². The van der Waals surface area contributed by atoms with Gasteiger partial charge >= 0.3 is 0 Å². The summed E-state index contributed by atoms with van der Waals surface area (Å²) in [5.41, 5.74) is 2.90. The minimum atomic E-state index is -3.87. The minimum Gasteiger partial charge on any atom is -0.497 e. The van der Waals surface area contributed by atoms with Crippen molar-refractivity contribution in [2.24, 2.45) is 10.2 Å². The zero-order chi connectivity index (χ0) is 31.0. The standard InChI is InChI=1S/C29H24BrN7O5S2/c1-42-21-10-4-18(5-11-21)25-14-24(17-2-6-19(30)7-3-17)35-37(25)26(38)16-43-29-33-27-23(28(39)34-29)15-32-36(27)20-8-12-22(13-9-20)44(31,40)41/h2-13,15,25H,14,16H2,1H3,(H2,31,40,41)(H,33,34,39)/t25-/m0/s1. The number of hydrogen-bond donors (Lipinski definition) is 2. The van der Waals surface area contributed by atoms with Gasteiger partial charge in [-0.05, 0) is 59.7 Å². The van der Waals surface area contributed by atoms with E-state index in [9.17, 15) is 18.0 Å². The first-order valence-electron chi connectivity index (χ1n) is 13.1. The highest BCUT2D eigenvalue weighted by molar-refractivity contribution is 9.10. The van der Waals surface area contributed by atoms with Gasteiger partial charge in [0, 0.05) is 10.9 Å². The molecule has 3 aromatic carbocycles. The van der Waals surface area contributed by atoms with Crippen LogP contribution in [0.2, 0.25) is 0 Å². The third-order valence-electron chi connectivity index (χ3n) is 7.00. The second kappa shape index (κ2) is 12.0. The summed E-state index contributed by atoms with van der Waals surface area (Å²) in [6, 6.07) is 20.7. The number of methoxy groups -OCH3 is 1. The fourth-order valence-corrected chi connectivity index (χ4v) is 6.26. The van der Waals surface area contributed by atoms with E-state index >= 15 is 0 Å². The number of thioether (sulfide) groups is 1. The van der Waals surface area contributed by atoms with Gasteiger partial charge in [-0.15, -0.1) is 0 Å². The first-order chi connectivity index (χ1) is 21.1. The molecule has 0 saturated carbocycles. The largest absolute Gasteiger partial charge is 0.497 e. The average molecular weight is 695 g/mol. The summed E-state index contributed by atoms with van der Waals surface area (Å²) in [5.74, 6) is 0.395. The second-order valence-electron chi connectivity index (χ2n) is 9.78. The summed E-state index contributed by atoms with van der Waals surface area (Å²) < 4.78 is 30.9. The molecule has 224 valence electrons. The fourth-order valence-electron chi connectivity index (χ4n) is 4.77. The molecule has 12 nitrogen and oxygen atoms in total. The molecule has 0 bridgehead atoms. The van der Waals surface area contributed by atoms with Crippen LogP contribution in [-0.2, 0) is 14.8 Å². The van der Waals surface area contributed by atoms with Crippen molar-refractivity contribution in [3.05, 3.63) is 105 Å². The first kappa shape index (κ1) is 29.7. The summed E-state index contributed by atoms with van der Waals surface area (Å²) in [6.07, 6.45) is 1.89. The van der Waals surface area contributed by atoms with E-state index < -0.39 is 15.6 Å². The number of benzene rings is 3. The maximum Gasteiger partial charge on any atom is 0.262 e. The van der Waals surface area contributed by atoms with Crippen molar-refractivity contribution in [1.82, 2.24) is 24.8 Å². The van der Waals surface area contributed by atoms with E-state index in [1.165, 1.54) is 40.2 Å². The number of hydrogen-bond acceptors (Lipinski definition) is 9. The number of carbonyl (C=O) groups is 1. The van der Waals surface area contributed by atoms with E-state index in [0.29, 0.717) is 17.9 Å². The van der Waals surface area contributed by atoms with Gasteiger partial charge in [-0.25, -0.2) is 28.2 Å². The van der Waals surface area contributed by atoms with Crippen LogP contribution < -0.4 is 15.4 Å². The Morgan fingerprint density at radius 2 is 1.80 bits per heavy atom. The third kappa shape index (κ3) is 6.04. The topological polar surface area (TPSA) is 166 Å². The highest BCUT2D eigenvalue weighted by Crippen LogP contribution is 2.34. The number of primary sulfonamides is 1. The molecule has 0 saturated heterocycles. The summed E-state index contributed by atoms with van der Waals surface area (Å²) in [4.78, 5) is 33.7. The molecule has 44 heavy (non-hydrogen) atoms. The van der Waals surface area contributed by atoms with Crippen molar-refractivity contribution in [3.63, 3.8) is 0 Å². The molecule has 0 aliphatic carbocycles. The molecule has 1 amide bonds. The van der Waals surface area contributed by atoms with Crippen LogP contribution >= 0.6 is 27.7 Å². The van der Waals surface area contributed by atoms with Crippen molar-refractivity contribution < 1.29 is 17.9 Å². The number of rotatable bonds is 8. The van der Waals surface area contributed by atoms with Crippen LogP contribution in [0.1, 0.15) is 23.6 Å². The van der Waals surface area contributed by atoms with Gasteiger partial charge in [0.05, 0.1) is 41.4 Å². The maximum absolute atomic E-state index is 13.6. The molecule has 0 fully saturated rings. The molecule has 15 heteroatoms. The van der Waals surface area contributed by atoms with E-state index in [4.69, 9.17) is 15.0 Å². The molecule has 2 aromatic heterocycles. The van der Waals surface area contributed by atoms with E-state index in [0.717, 1.165) is 33.1 Å². The Kier molecular flexibility index (Phi) is 8.11. The van der Waals surface area contributed by atoms with Gasteiger partial charge in [0.15, 0.2) is 10.8 Å². The Morgan fingerprint density at radius 3 is 2.45 bits per heavy atom. The van der Waals surface area contributed by atoms with E-state index in [1.54, 1.807) is 7.11 Å². The Hall–Kier alpha value is -4.31. The lowest BCUT2D eigenvalue weighted by Crippen LogP contribution is -2.28. The summed E-state index contributed by atoms with van der Waals surface area (Å²) >= 11 is 4.53. The van der Waals surface area contributed by atoms with Crippen molar-refractivity contribution in [3.8, 4) is 11.4 Å². The average Bonchev–Trinajstić information content (AvgIpc) is 3.66. The zero-order valence-corrected chi connectivity index (χ0v) is 26.3. The van der Waals surface area contributed by atoms with E-state index in [2.05, 4.69) is 31.0 Å². The predicted octanol–water partition coefficient (Wildman–Crippen LogP) is 4.00. The van der Waals surface area contributed by atoms with Gasteiger partial charge < -0.3 is 9.72 Å². The lowest BCUT2D eigenvalue weighted by atomic mass is 9.98. The quantitative estimate of drug-likeness (QED) is 0.182. The van der Waals surface area contributed by atoms with Crippen molar-refractivity contribution in [1.29, 1.82) is 0 Å². The Morgan fingerprint density at radius 1 is 1.09 bits per heavy atom. The molecule has 0 spiro atoms. The monoisotopic (exact) mass is 693 g/mol. The molecule has 5 aromatic rings. The van der Waals surface area contributed by atoms with Crippen LogP contribution in [0, 0.1) is 0 Å². The molecule has 1 aliphatic rings. The molecule has 0 radical (unpaired) electrons. The van der Waals surface area contributed by atoms with Gasteiger partial charge in [0.2, 0.25) is 10.0 Å². The summed E-state index contributed by atoms with van der Waals surface area (Å²) in [7, 11) is -2.27. The fraction of sp³-hybridized carbons (Fsp3) is 0.138. The molecule has 6 rings (SSSR count). The number of aromatic amines is 1. The highest BCUT2D eigenvalue weighted by atomic mass is 79.9. The number of fused-ring (bicyclic) bond motifs is 1. The van der Waals surface area contributed by atoms with Crippen LogP contribution in [0.15, 0.2) is 103 Å². The number of H-pyrrole nitrogens is 1. The lowest BCUT2D eigenvalue weighted by Gasteiger charge is -2.22. The number of amides is 1. The number of sulfonamides is 1. The number of nitrogens with zero attached hydrogens (tertiary/aromatic N) is 5. The second-order valence-corrected chi connectivity index (χ2v) is 13.2. The smallest absolute Gasteiger partial charge is 0.262 e. The number of nitrogens with two attached hydrogens (primary N) is 1. The van der Waals surface area contributed by atoms with Crippen LogP contribution in [0.4, 0.5) is 0 Å². The SMILES string of the molecule is COc1ccc([C@@H]2CC(c3ccc(Br)cc3)=NN2C(=O)CSc2nc3c(cnn3-c3ccc(S(N)(=O)=O)cc3)c(=O)[nH]2)cc1. The molecule has 0 unspecified atom stereocenters. The Bertz CT molecular complexity index is 2060. The molecule has 3 heterocycles. The zero-order valence-electron chi connectivity index (χ0n) is 23.0. The van der Waals surface area contributed by atoms with Crippen molar-refractivity contribution >= 4 is 60.4 Å². The molecule has 3 N–H and O–H groups in total.